The lowest BCUT2D eigenvalue weighted by Gasteiger charge is -2.49. The summed E-state index contributed by atoms with van der Waals surface area (Å²) in [7, 11) is 1.66. The summed E-state index contributed by atoms with van der Waals surface area (Å²) in [4.78, 5) is 0. The van der Waals surface area contributed by atoms with Gasteiger partial charge < -0.3 is 14.9 Å². The number of hydrogen-bond acceptors (Lipinski definition) is 3. The first-order valence-electron chi connectivity index (χ1n) is 8.14. The topological polar surface area (TPSA) is 49.7 Å². The zero-order chi connectivity index (χ0) is 15.9. The van der Waals surface area contributed by atoms with Crippen molar-refractivity contribution < 1.29 is 14.9 Å². The van der Waals surface area contributed by atoms with E-state index in [4.69, 9.17) is 4.74 Å². The summed E-state index contributed by atoms with van der Waals surface area (Å²) in [6.45, 7) is 6.15. The second-order valence-corrected chi connectivity index (χ2v) is 7.09. The smallest absolute Gasteiger partial charge is 0.118 e. The van der Waals surface area contributed by atoms with Crippen LogP contribution >= 0.6 is 0 Å². The number of fused-ring (bicyclic) bond motifs is 1. The molecule has 0 spiro atoms. The van der Waals surface area contributed by atoms with Crippen molar-refractivity contribution in [2.45, 2.75) is 44.3 Å². The Kier molecular flexibility index (Phi) is 4.04. The molecule has 0 radical (unpaired) electrons. The summed E-state index contributed by atoms with van der Waals surface area (Å²) in [5.74, 6) is 1.45. The summed E-state index contributed by atoms with van der Waals surface area (Å²) < 4.78 is 5.22. The molecule has 0 heterocycles. The molecule has 0 amide bonds. The van der Waals surface area contributed by atoms with Crippen LogP contribution in [0.15, 0.2) is 36.9 Å². The molecule has 6 atom stereocenters. The molecular formula is C19H26O3. The van der Waals surface area contributed by atoms with Crippen LogP contribution in [0.3, 0.4) is 0 Å². The quantitative estimate of drug-likeness (QED) is 0.843. The van der Waals surface area contributed by atoms with Gasteiger partial charge in [0, 0.05) is 5.92 Å². The van der Waals surface area contributed by atoms with Gasteiger partial charge in [-0.25, -0.2) is 0 Å². The standard InChI is InChI=1S/C19H26O3/c1-4-14-15-9-10-17(21)19(15,2)11-16(20)18(14)12-5-7-13(22-3)8-6-12/h4-8,14-18,20-21H,1,9-11H2,2-3H3/t14-,15-,16+,17-,18+,19-/m0/s1. The molecule has 0 saturated heterocycles. The fourth-order valence-electron chi connectivity index (χ4n) is 4.83. The van der Waals surface area contributed by atoms with Gasteiger partial charge in [0.05, 0.1) is 19.3 Å². The van der Waals surface area contributed by atoms with Crippen molar-refractivity contribution in [2.24, 2.45) is 17.3 Å². The van der Waals surface area contributed by atoms with Gasteiger partial charge in [0.1, 0.15) is 5.75 Å². The van der Waals surface area contributed by atoms with Crippen LogP contribution in [0.25, 0.3) is 0 Å². The van der Waals surface area contributed by atoms with Crippen LogP contribution in [0, 0.1) is 17.3 Å². The molecule has 0 aromatic heterocycles. The Morgan fingerprint density at radius 2 is 1.91 bits per heavy atom. The molecule has 2 fully saturated rings. The third-order valence-electron chi connectivity index (χ3n) is 6.08. The summed E-state index contributed by atoms with van der Waals surface area (Å²) in [6.07, 6.45) is 3.70. The van der Waals surface area contributed by atoms with E-state index < -0.39 is 6.10 Å². The van der Waals surface area contributed by atoms with E-state index in [2.05, 4.69) is 13.5 Å². The van der Waals surface area contributed by atoms with Crippen LogP contribution in [0.5, 0.6) is 5.75 Å². The van der Waals surface area contributed by atoms with E-state index in [1.165, 1.54) is 0 Å². The maximum Gasteiger partial charge on any atom is 0.118 e. The number of aliphatic hydroxyl groups is 2. The average molecular weight is 302 g/mol. The molecule has 3 rings (SSSR count). The van der Waals surface area contributed by atoms with Gasteiger partial charge in [0.15, 0.2) is 0 Å². The molecule has 2 N–H and O–H groups in total. The first-order chi connectivity index (χ1) is 10.5. The van der Waals surface area contributed by atoms with Gasteiger partial charge in [-0.05, 0) is 54.2 Å². The van der Waals surface area contributed by atoms with Crippen molar-refractivity contribution in [3.63, 3.8) is 0 Å². The van der Waals surface area contributed by atoms with Crippen LogP contribution in [0.1, 0.15) is 37.7 Å². The fourth-order valence-corrected chi connectivity index (χ4v) is 4.83. The summed E-state index contributed by atoms with van der Waals surface area (Å²) in [5, 5.41) is 21.2. The second kappa shape index (κ2) is 5.71. The fraction of sp³-hybridized carbons (Fsp3) is 0.579. The van der Waals surface area contributed by atoms with Gasteiger partial charge >= 0.3 is 0 Å². The Morgan fingerprint density at radius 3 is 2.50 bits per heavy atom. The zero-order valence-electron chi connectivity index (χ0n) is 13.4. The van der Waals surface area contributed by atoms with Gasteiger partial charge in [-0.15, -0.1) is 6.58 Å². The summed E-state index contributed by atoms with van der Waals surface area (Å²) >= 11 is 0. The number of rotatable bonds is 3. The molecule has 120 valence electrons. The van der Waals surface area contributed by atoms with Crippen molar-refractivity contribution in [2.75, 3.05) is 7.11 Å². The highest BCUT2D eigenvalue weighted by Crippen LogP contribution is 2.58. The van der Waals surface area contributed by atoms with Gasteiger partial charge in [0.2, 0.25) is 0 Å². The Hall–Kier alpha value is -1.32. The lowest BCUT2D eigenvalue weighted by Crippen LogP contribution is -2.48. The number of aliphatic hydroxyl groups excluding tert-OH is 2. The lowest BCUT2D eigenvalue weighted by atomic mass is 9.57. The predicted octanol–water partition coefficient (Wildman–Crippen LogP) is 3.12. The normalized spacial score (nSPS) is 41.0. The maximum absolute atomic E-state index is 10.8. The van der Waals surface area contributed by atoms with Crippen molar-refractivity contribution in [3.8, 4) is 5.75 Å². The van der Waals surface area contributed by atoms with E-state index in [1.54, 1.807) is 7.11 Å². The van der Waals surface area contributed by atoms with E-state index in [-0.39, 0.29) is 23.4 Å². The van der Waals surface area contributed by atoms with Crippen LogP contribution in [-0.2, 0) is 0 Å². The average Bonchev–Trinajstić information content (AvgIpc) is 2.81. The molecule has 22 heavy (non-hydrogen) atoms. The highest BCUT2D eigenvalue weighted by atomic mass is 16.5. The first kappa shape index (κ1) is 15.6. The molecule has 0 unspecified atom stereocenters. The van der Waals surface area contributed by atoms with Crippen LogP contribution in [-0.4, -0.2) is 29.5 Å². The van der Waals surface area contributed by atoms with E-state index >= 15 is 0 Å². The largest absolute Gasteiger partial charge is 0.497 e. The van der Waals surface area contributed by atoms with Crippen molar-refractivity contribution in [1.29, 1.82) is 0 Å². The van der Waals surface area contributed by atoms with E-state index in [9.17, 15) is 10.2 Å². The highest BCUT2D eigenvalue weighted by Gasteiger charge is 2.55. The highest BCUT2D eigenvalue weighted by molar-refractivity contribution is 5.32. The minimum absolute atomic E-state index is 0.0479. The Morgan fingerprint density at radius 1 is 1.23 bits per heavy atom. The van der Waals surface area contributed by atoms with Crippen molar-refractivity contribution in [1.82, 2.24) is 0 Å². The third kappa shape index (κ3) is 2.27. The molecule has 3 heteroatoms. The molecule has 1 aromatic carbocycles. The second-order valence-electron chi connectivity index (χ2n) is 7.09. The molecule has 3 nitrogen and oxygen atoms in total. The van der Waals surface area contributed by atoms with E-state index in [1.807, 2.05) is 30.3 Å². The number of benzene rings is 1. The third-order valence-corrected chi connectivity index (χ3v) is 6.08. The molecular weight excluding hydrogens is 276 g/mol. The first-order valence-corrected chi connectivity index (χ1v) is 8.14. The van der Waals surface area contributed by atoms with Crippen LogP contribution < -0.4 is 4.74 Å². The van der Waals surface area contributed by atoms with Crippen molar-refractivity contribution in [3.05, 3.63) is 42.5 Å². The molecule has 0 bridgehead atoms. The molecule has 1 aromatic rings. The monoisotopic (exact) mass is 302 g/mol. The molecule has 0 aliphatic heterocycles. The number of allylic oxidation sites excluding steroid dienone is 1. The van der Waals surface area contributed by atoms with E-state index in [0.29, 0.717) is 12.3 Å². The van der Waals surface area contributed by atoms with Gasteiger partial charge in [-0.3, -0.25) is 0 Å². The number of hydrogen-bond donors (Lipinski definition) is 2. The molecule has 2 aliphatic carbocycles. The molecule has 2 saturated carbocycles. The number of methoxy groups -OCH3 is 1. The van der Waals surface area contributed by atoms with Gasteiger partial charge in [-0.1, -0.05) is 25.1 Å². The summed E-state index contributed by atoms with van der Waals surface area (Å²) in [6, 6.07) is 7.97. The van der Waals surface area contributed by atoms with Crippen molar-refractivity contribution >= 4 is 0 Å². The lowest BCUT2D eigenvalue weighted by molar-refractivity contribution is -0.0648. The Balaban J connectivity index is 1.95. The SMILES string of the molecule is C=C[C@@H]1[C@@H](c2ccc(OC)cc2)[C@H](O)C[C@]2(C)[C@@H](O)CC[C@@H]12. The van der Waals surface area contributed by atoms with Gasteiger partial charge in [0.25, 0.3) is 0 Å². The minimum Gasteiger partial charge on any atom is -0.497 e. The minimum atomic E-state index is -0.453. The number of ether oxygens (including phenoxy) is 1. The van der Waals surface area contributed by atoms with Crippen LogP contribution in [0.4, 0.5) is 0 Å². The summed E-state index contributed by atoms with van der Waals surface area (Å²) in [5.41, 5.74) is 0.933. The molecule has 2 aliphatic rings. The Bertz CT molecular complexity index is 538. The predicted molar refractivity (Wildman–Crippen MR) is 86.9 cm³/mol. The van der Waals surface area contributed by atoms with Crippen LogP contribution in [0.2, 0.25) is 0 Å². The zero-order valence-corrected chi connectivity index (χ0v) is 13.4. The Labute approximate surface area is 132 Å². The van der Waals surface area contributed by atoms with E-state index in [0.717, 1.165) is 24.2 Å². The maximum atomic E-state index is 10.8. The van der Waals surface area contributed by atoms with Gasteiger partial charge in [-0.2, -0.15) is 0 Å².